The van der Waals surface area contributed by atoms with Crippen LogP contribution in [0.15, 0.2) is 34.9 Å². The van der Waals surface area contributed by atoms with Crippen molar-refractivity contribution in [2.45, 2.75) is 6.92 Å². The summed E-state index contributed by atoms with van der Waals surface area (Å²) in [7, 11) is 1.53. The van der Waals surface area contributed by atoms with E-state index >= 15 is 0 Å². The van der Waals surface area contributed by atoms with Crippen LogP contribution >= 0.6 is 27.5 Å². The molecule has 20 heavy (non-hydrogen) atoms. The summed E-state index contributed by atoms with van der Waals surface area (Å²) < 4.78 is 5.81. The number of anilines is 1. The molecule has 1 N–H and O–H groups in total. The maximum Gasteiger partial charge on any atom is 0.259 e. The first-order chi connectivity index (χ1) is 9.51. The van der Waals surface area contributed by atoms with Gasteiger partial charge in [-0.3, -0.25) is 4.79 Å². The molecule has 0 bridgehead atoms. The van der Waals surface area contributed by atoms with E-state index in [1.807, 2.05) is 13.0 Å². The number of aryl methyl sites for hydroxylation is 1. The van der Waals surface area contributed by atoms with Crippen molar-refractivity contribution in [1.29, 1.82) is 0 Å². The molecule has 0 fully saturated rings. The summed E-state index contributed by atoms with van der Waals surface area (Å²) in [6, 6.07) is 7.11. The molecule has 0 aliphatic carbocycles. The number of hydrogen-bond acceptors (Lipinski definition) is 3. The quantitative estimate of drug-likeness (QED) is 0.845. The van der Waals surface area contributed by atoms with Crippen LogP contribution in [0.4, 0.5) is 5.69 Å². The summed E-state index contributed by atoms with van der Waals surface area (Å²) in [5, 5.41) is 3.10. The van der Waals surface area contributed by atoms with E-state index in [1.54, 1.807) is 18.2 Å². The number of rotatable bonds is 3. The molecule has 0 aliphatic heterocycles. The van der Waals surface area contributed by atoms with Crippen LogP contribution in [0.25, 0.3) is 0 Å². The van der Waals surface area contributed by atoms with E-state index in [2.05, 4.69) is 26.2 Å². The van der Waals surface area contributed by atoms with E-state index < -0.39 is 0 Å². The van der Waals surface area contributed by atoms with Gasteiger partial charge in [-0.15, -0.1) is 0 Å². The third-order valence-electron chi connectivity index (χ3n) is 2.65. The average Bonchev–Trinajstić information content (AvgIpc) is 2.43. The molecule has 1 aromatic carbocycles. The Balaban J connectivity index is 2.27. The first-order valence-electron chi connectivity index (χ1n) is 5.78. The fourth-order valence-electron chi connectivity index (χ4n) is 1.69. The zero-order valence-electron chi connectivity index (χ0n) is 10.9. The van der Waals surface area contributed by atoms with Gasteiger partial charge >= 0.3 is 0 Å². The van der Waals surface area contributed by atoms with Gasteiger partial charge in [0.15, 0.2) is 0 Å². The van der Waals surface area contributed by atoms with Crippen LogP contribution in [0.1, 0.15) is 15.9 Å². The molecule has 1 aromatic heterocycles. The lowest BCUT2D eigenvalue weighted by atomic mass is 10.1. The summed E-state index contributed by atoms with van der Waals surface area (Å²) in [6.45, 7) is 1.91. The predicted molar refractivity (Wildman–Crippen MR) is 82.6 cm³/mol. The molecule has 0 unspecified atom stereocenters. The van der Waals surface area contributed by atoms with E-state index in [0.29, 0.717) is 26.6 Å². The zero-order chi connectivity index (χ0) is 14.7. The number of aromatic nitrogens is 1. The van der Waals surface area contributed by atoms with Crippen LogP contribution in [-0.4, -0.2) is 18.0 Å². The second-order valence-electron chi connectivity index (χ2n) is 4.15. The molecule has 2 rings (SSSR count). The number of pyridine rings is 1. The highest BCUT2D eigenvalue weighted by molar-refractivity contribution is 9.10. The van der Waals surface area contributed by atoms with Gasteiger partial charge in [-0.25, -0.2) is 4.98 Å². The number of nitrogens with zero attached hydrogens (tertiary/aromatic N) is 1. The lowest BCUT2D eigenvalue weighted by Gasteiger charge is -2.10. The van der Waals surface area contributed by atoms with Crippen LogP contribution < -0.4 is 10.1 Å². The van der Waals surface area contributed by atoms with Gasteiger partial charge < -0.3 is 10.1 Å². The standard InChI is InChI=1S/C14H12BrClN2O2/c1-8-3-4-12(20-2)10(5-8)14(19)18-9-6-11(15)13(16)17-7-9/h3-7H,1-2H3,(H,18,19). The minimum Gasteiger partial charge on any atom is -0.496 e. The Bertz CT molecular complexity index is 662. The van der Waals surface area contributed by atoms with Crippen LogP contribution in [-0.2, 0) is 0 Å². The van der Waals surface area contributed by atoms with Crippen LogP contribution in [0.5, 0.6) is 5.75 Å². The lowest BCUT2D eigenvalue weighted by molar-refractivity contribution is 0.102. The largest absolute Gasteiger partial charge is 0.496 e. The Morgan fingerprint density at radius 2 is 2.15 bits per heavy atom. The highest BCUT2D eigenvalue weighted by Gasteiger charge is 2.13. The molecular weight excluding hydrogens is 344 g/mol. The van der Waals surface area contributed by atoms with E-state index in [9.17, 15) is 4.79 Å². The maximum atomic E-state index is 12.3. The maximum absolute atomic E-state index is 12.3. The van der Waals surface area contributed by atoms with Gasteiger partial charge in [0.1, 0.15) is 10.9 Å². The first kappa shape index (κ1) is 14.8. The van der Waals surface area contributed by atoms with Crippen LogP contribution in [0.2, 0.25) is 5.15 Å². The number of halogens is 2. The topological polar surface area (TPSA) is 51.2 Å². The highest BCUT2D eigenvalue weighted by Crippen LogP contribution is 2.25. The Morgan fingerprint density at radius 3 is 2.80 bits per heavy atom. The molecule has 4 nitrogen and oxygen atoms in total. The van der Waals surface area contributed by atoms with Crippen molar-refractivity contribution in [3.63, 3.8) is 0 Å². The number of benzene rings is 1. The molecular formula is C14H12BrClN2O2. The summed E-state index contributed by atoms with van der Waals surface area (Å²) >= 11 is 9.07. The predicted octanol–water partition coefficient (Wildman–Crippen LogP) is 4.07. The molecule has 1 amide bonds. The number of hydrogen-bond donors (Lipinski definition) is 1. The van der Waals surface area contributed by atoms with Gasteiger partial charge in [-0.05, 0) is 41.1 Å². The monoisotopic (exact) mass is 354 g/mol. The third kappa shape index (κ3) is 3.29. The summed E-state index contributed by atoms with van der Waals surface area (Å²) in [4.78, 5) is 16.2. The Kier molecular flexibility index (Phi) is 4.62. The van der Waals surface area contributed by atoms with Gasteiger partial charge in [0, 0.05) is 0 Å². The highest BCUT2D eigenvalue weighted by atomic mass is 79.9. The number of methoxy groups -OCH3 is 1. The van der Waals surface area contributed by atoms with E-state index in [1.165, 1.54) is 13.3 Å². The minimum absolute atomic E-state index is 0.262. The van der Waals surface area contributed by atoms with Crippen molar-refractivity contribution in [3.8, 4) is 5.75 Å². The second-order valence-corrected chi connectivity index (χ2v) is 5.37. The van der Waals surface area contributed by atoms with Gasteiger partial charge in [-0.1, -0.05) is 23.2 Å². The van der Waals surface area contributed by atoms with E-state index in [-0.39, 0.29) is 5.91 Å². The molecule has 6 heteroatoms. The fourth-order valence-corrected chi connectivity index (χ4v) is 2.14. The number of carbonyl (C=O) groups is 1. The van der Waals surface area contributed by atoms with Gasteiger partial charge in [0.25, 0.3) is 5.91 Å². The molecule has 0 atom stereocenters. The third-order valence-corrected chi connectivity index (χ3v) is 3.79. The molecule has 2 aromatic rings. The molecule has 1 heterocycles. The van der Waals surface area contributed by atoms with Crippen molar-refractivity contribution in [3.05, 3.63) is 51.2 Å². The molecule has 0 radical (unpaired) electrons. The van der Waals surface area contributed by atoms with E-state index in [4.69, 9.17) is 16.3 Å². The van der Waals surface area contributed by atoms with Crippen molar-refractivity contribution < 1.29 is 9.53 Å². The summed E-state index contributed by atoms with van der Waals surface area (Å²) in [5.41, 5.74) is 2.00. The number of nitrogens with one attached hydrogen (secondary N) is 1. The van der Waals surface area contributed by atoms with Crippen LogP contribution in [0, 0.1) is 6.92 Å². The van der Waals surface area contributed by atoms with Crippen LogP contribution in [0.3, 0.4) is 0 Å². The number of ether oxygens (including phenoxy) is 1. The van der Waals surface area contributed by atoms with Gasteiger partial charge in [-0.2, -0.15) is 0 Å². The Morgan fingerprint density at radius 1 is 1.40 bits per heavy atom. The Hall–Kier alpha value is -1.59. The van der Waals surface area contributed by atoms with Crippen molar-refractivity contribution in [2.75, 3.05) is 12.4 Å². The van der Waals surface area contributed by atoms with Crippen molar-refractivity contribution >= 4 is 39.1 Å². The number of amides is 1. The number of carbonyl (C=O) groups excluding carboxylic acids is 1. The van der Waals surface area contributed by atoms with Crippen molar-refractivity contribution in [2.24, 2.45) is 0 Å². The summed E-state index contributed by atoms with van der Waals surface area (Å²) in [5.74, 6) is 0.260. The SMILES string of the molecule is COc1ccc(C)cc1C(=O)Nc1cnc(Cl)c(Br)c1. The molecule has 0 saturated carbocycles. The summed E-state index contributed by atoms with van der Waals surface area (Å²) in [6.07, 6.45) is 1.49. The molecule has 0 spiro atoms. The van der Waals surface area contributed by atoms with E-state index in [0.717, 1.165) is 5.56 Å². The lowest BCUT2D eigenvalue weighted by Crippen LogP contribution is -2.13. The first-order valence-corrected chi connectivity index (χ1v) is 6.95. The molecule has 104 valence electrons. The van der Waals surface area contributed by atoms with Crippen molar-refractivity contribution in [1.82, 2.24) is 4.98 Å². The smallest absolute Gasteiger partial charge is 0.259 e. The van der Waals surface area contributed by atoms with Gasteiger partial charge in [0.05, 0.1) is 29.0 Å². The molecule has 0 saturated heterocycles. The second kappa shape index (κ2) is 6.24. The normalized spacial score (nSPS) is 10.2. The fraction of sp³-hybridized carbons (Fsp3) is 0.143. The minimum atomic E-state index is -0.262. The zero-order valence-corrected chi connectivity index (χ0v) is 13.2. The average molecular weight is 356 g/mol. The van der Waals surface area contributed by atoms with Gasteiger partial charge in [0.2, 0.25) is 0 Å². The Labute approximate surface area is 130 Å². The molecule has 0 aliphatic rings.